The van der Waals surface area contributed by atoms with Crippen LogP contribution in [-0.4, -0.2) is 5.88 Å². The van der Waals surface area contributed by atoms with Gasteiger partial charge in [0.2, 0.25) is 0 Å². The predicted molar refractivity (Wildman–Crippen MR) is 32.6 cm³/mol. The van der Waals surface area contributed by atoms with Crippen LogP contribution in [0.4, 0.5) is 0 Å². The van der Waals surface area contributed by atoms with Gasteiger partial charge in [0.25, 0.3) is 0 Å². The Bertz CT molecular complexity index is 59.2. The largest absolute Gasteiger partial charge is 0.126 e. The average Bonchev–Trinajstić information content (AvgIpc) is 1.65. The second-order valence-corrected chi connectivity index (χ2v) is 2.78. The molecule has 1 rings (SSSR count). The molecular formula is C6H11Cl. The van der Waals surface area contributed by atoms with Gasteiger partial charge in [-0.2, -0.15) is 0 Å². The van der Waals surface area contributed by atoms with Crippen LogP contribution in [0.3, 0.4) is 0 Å². The second-order valence-electron chi connectivity index (χ2n) is 2.47. The number of hydrogen-bond donors (Lipinski definition) is 0. The first-order valence-electron chi connectivity index (χ1n) is 2.90. The molecule has 1 heteroatoms. The third kappa shape index (κ3) is 0.908. The number of halogens is 1. The molecule has 0 spiro atoms. The van der Waals surface area contributed by atoms with Crippen LogP contribution in [0.2, 0.25) is 0 Å². The van der Waals surface area contributed by atoms with E-state index in [1.54, 1.807) is 0 Å². The van der Waals surface area contributed by atoms with Crippen LogP contribution in [0.25, 0.3) is 0 Å². The Morgan fingerprint density at radius 2 is 2.29 bits per heavy atom. The van der Waals surface area contributed by atoms with Crippen molar-refractivity contribution in [2.24, 2.45) is 11.8 Å². The first kappa shape index (κ1) is 5.43. The summed E-state index contributed by atoms with van der Waals surface area (Å²) >= 11 is 5.60. The fourth-order valence-corrected chi connectivity index (χ4v) is 1.42. The minimum absolute atomic E-state index is 0.849. The summed E-state index contributed by atoms with van der Waals surface area (Å²) in [4.78, 5) is 0. The van der Waals surface area contributed by atoms with Crippen LogP contribution in [0, 0.1) is 11.8 Å². The van der Waals surface area contributed by atoms with Crippen molar-refractivity contribution >= 4 is 11.6 Å². The normalized spacial score (nSPS) is 40.3. The quantitative estimate of drug-likeness (QED) is 0.464. The van der Waals surface area contributed by atoms with E-state index in [0.29, 0.717) is 0 Å². The molecule has 0 N–H and O–H groups in total. The minimum atomic E-state index is 0.849. The number of hydrogen-bond acceptors (Lipinski definition) is 0. The number of rotatable bonds is 1. The Balaban J connectivity index is 2.16. The smallest absolute Gasteiger partial charge is 0.0254 e. The Kier molecular flexibility index (Phi) is 1.58. The molecule has 0 radical (unpaired) electrons. The maximum atomic E-state index is 5.60. The molecule has 2 atom stereocenters. The average molecular weight is 119 g/mol. The van der Waals surface area contributed by atoms with Crippen LogP contribution in [-0.2, 0) is 0 Å². The van der Waals surface area contributed by atoms with Crippen LogP contribution < -0.4 is 0 Å². The second kappa shape index (κ2) is 2.04. The Hall–Kier alpha value is 0.290. The van der Waals surface area contributed by atoms with Crippen molar-refractivity contribution in [1.82, 2.24) is 0 Å². The Labute approximate surface area is 49.9 Å². The van der Waals surface area contributed by atoms with Crippen molar-refractivity contribution in [3.05, 3.63) is 0 Å². The molecule has 0 aromatic heterocycles. The van der Waals surface area contributed by atoms with Gasteiger partial charge in [-0.25, -0.2) is 0 Å². The van der Waals surface area contributed by atoms with Crippen LogP contribution in [0.15, 0.2) is 0 Å². The summed E-state index contributed by atoms with van der Waals surface area (Å²) in [5, 5.41) is 0. The summed E-state index contributed by atoms with van der Waals surface area (Å²) in [5.74, 6) is 2.64. The topological polar surface area (TPSA) is 0 Å². The third-order valence-electron chi connectivity index (χ3n) is 2.00. The summed E-state index contributed by atoms with van der Waals surface area (Å²) in [7, 11) is 0. The molecule has 7 heavy (non-hydrogen) atoms. The Morgan fingerprint density at radius 3 is 2.29 bits per heavy atom. The molecule has 1 saturated carbocycles. The van der Waals surface area contributed by atoms with Gasteiger partial charge in [-0.3, -0.25) is 0 Å². The molecule has 1 fully saturated rings. The van der Waals surface area contributed by atoms with E-state index >= 15 is 0 Å². The maximum Gasteiger partial charge on any atom is 0.0254 e. The minimum Gasteiger partial charge on any atom is -0.126 e. The van der Waals surface area contributed by atoms with Crippen molar-refractivity contribution in [3.63, 3.8) is 0 Å². The van der Waals surface area contributed by atoms with E-state index in [9.17, 15) is 0 Å². The van der Waals surface area contributed by atoms with Gasteiger partial charge in [-0.1, -0.05) is 13.3 Å². The van der Waals surface area contributed by atoms with Gasteiger partial charge in [0.1, 0.15) is 0 Å². The van der Waals surface area contributed by atoms with Crippen molar-refractivity contribution < 1.29 is 0 Å². The van der Waals surface area contributed by atoms with Gasteiger partial charge < -0.3 is 0 Å². The van der Waals surface area contributed by atoms with Gasteiger partial charge in [0.15, 0.2) is 0 Å². The molecular weight excluding hydrogens is 108 g/mol. The summed E-state index contributed by atoms with van der Waals surface area (Å²) in [6, 6.07) is 0. The molecule has 0 aromatic rings. The SMILES string of the molecule is C[C@H]1CC[C@@H]1CCl. The fraction of sp³-hybridized carbons (Fsp3) is 1.00. The lowest BCUT2D eigenvalue weighted by Gasteiger charge is -2.31. The van der Waals surface area contributed by atoms with Crippen molar-refractivity contribution in [2.45, 2.75) is 19.8 Å². The highest BCUT2D eigenvalue weighted by Crippen LogP contribution is 2.33. The van der Waals surface area contributed by atoms with Crippen molar-refractivity contribution in [3.8, 4) is 0 Å². The molecule has 0 heterocycles. The maximum absolute atomic E-state index is 5.60. The van der Waals surface area contributed by atoms with Gasteiger partial charge in [0, 0.05) is 5.88 Å². The molecule has 0 saturated heterocycles. The molecule has 1 aliphatic carbocycles. The van der Waals surface area contributed by atoms with E-state index in [-0.39, 0.29) is 0 Å². The highest BCUT2D eigenvalue weighted by Gasteiger charge is 2.24. The van der Waals surface area contributed by atoms with E-state index in [2.05, 4.69) is 6.92 Å². The lowest BCUT2D eigenvalue weighted by atomic mass is 9.76. The molecule has 0 bridgehead atoms. The van der Waals surface area contributed by atoms with E-state index in [1.165, 1.54) is 12.8 Å². The lowest BCUT2D eigenvalue weighted by molar-refractivity contribution is 0.223. The third-order valence-corrected chi connectivity index (χ3v) is 2.39. The van der Waals surface area contributed by atoms with Crippen molar-refractivity contribution in [2.75, 3.05) is 5.88 Å². The molecule has 1 aliphatic rings. The van der Waals surface area contributed by atoms with Crippen molar-refractivity contribution in [1.29, 1.82) is 0 Å². The summed E-state index contributed by atoms with van der Waals surface area (Å²) in [6.07, 6.45) is 2.77. The monoisotopic (exact) mass is 118 g/mol. The van der Waals surface area contributed by atoms with Gasteiger partial charge in [-0.05, 0) is 18.3 Å². The molecule has 0 nitrogen and oxygen atoms in total. The predicted octanol–water partition coefficient (Wildman–Crippen LogP) is 2.27. The molecule has 0 aromatic carbocycles. The molecule has 42 valence electrons. The first-order valence-corrected chi connectivity index (χ1v) is 3.44. The fourth-order valence-electron chi connectivity index (χ4n) is 0.965. The summed E-state index contributed by atoms with van der Waals surface area (Å²) in [5.41, 5.74) is 0. The van der Waals surface area contributed by atoms with Crippen LogP contribution in [0.1, 0.15) is 19.8 Å². The van der Waals surface area contributed by atoms with E-state index in [0.717, 1.165) is 17.7 Å². The zero-order chi connectivity index (χ0) is 5.28. The summed E-state index contributed by atoms with van der Waals surface area (Å²) < 4.78 is 0. The van der Waals surface area contributed by atoms with Crippen LogP contribution >= 0.6 is 11.6 Å². The zero-order valence-electron chi connectivity index (χ0n) is 4.65. The highest BCUT2D eigenvalue weighted by atomic mass is 35.5. The van der Waals surface area contributed by atoms with E-state index in [1.807, 2.05) is 0 Å². The van der Waals surface area contributed by atoms with Crippen LogP contribution in [0.5, 0.6) is 0 Å². The molecule has 0 unspecified atom stereocenters. The number of alkyl halides is 1. The van der Waals surface area contributed by atoms with E-state index in [4.69, 9.17) is 11.6 Å². The first-order chi connectivity index (χ1) is 3.34. The van der Waals surface area contributed by atoms with E-state index < -0.39 is 0 Å². The lowest BCUT2D eigenvalue weighted by Crippen LogP contribution is -2.23. The molecule has 0 aliphatic heterocycles. The molecule has 0 amide bonds. The van der Waals surface area contributed by atoms with Gasteiger partial charge >= 0.3 is 0 Å². The Morgan fingerprint density at radius 1 is 1.57 bits per heavy atom. The highest BCUT2D eigenvalue weighted by molar-refractivity contribution is 6.18. The zero-order valence-corrected chi connectivity index (χ0v) is 5.41. The van der Waals surface area contributed by atoms with Gasteiger partial charge in [-0.15, -0.1) is 11.6 Å². The standard InChI is InChI=1S/C6H11Cl/c1-5-2-3-6(5)4-7/h5-6H,2-4H2,1H3/t5-,6+/m0/s1. The summed E-state index contributed by atoms with van der Waals surface area (Å²) in [6.45, 7) is 2.27. The van der Waals surface area contributed by atoms with Gasteiger partial charge in [0.05, 0.1) is 0 Å².